The van der Waals surface area contributed by atoms with Crippen LogP contribution in [0.2, 0.25) is 0 Å². The summed E-state index contributed by atoms with van der Waals surface area (Å²) in [7, 11) is 3.84. The standard InChI is InChI=1S/C20H21N7O4/c1-26(2)14-5-3-13(4-6-14)18-16(19(28)29)12-24-20(25-18)22-10-9-21-17-8-7-15(11-23-17)27(30)31/h3-8,11-12H,9-10H2,1-2H3,(H,21,23)(H,28,29)(H,22,24,25). The Morgan fingerprint density at radius 3 is 2.35 bits per heavy atom. The number of benzene rings is 1. The van der Waals surface area contributed by atoms with Gasteiger partial charge in [-0.3, -0.25) is 10.1 Å². The van der Waals surface area contributed by atoms with Gasteiger partial charge in [0, 0.05) is 50.7 Å². The third-order valence-corrected chi connectivity index (χ3v) is 4.35. The van der Waals surface area contributed by atoms with Crippen molar-refractivity contribution in [3.63, 3.8) is 0 Å². The van der Waals surface area contributed by atoms with Gasteiger partial charge in [-0.05, 0) is 18.2 Å². The fraction of sp³-hybridized carbons (Fsp3) is 0.200. The Hall–Kier alpha value is -4.28. The van der Waals surface area contributed by atoms with E-state index in [9.17, 15) is 20.0 Å². The lowest BCUT2D eigenvalue weighted by Crippen LogP contribution is -2.16. The largest absolute Gasteiger partial charge is 0.478 e. The molecule has 0 aliphatic carbocycles. The fourth-order valence-corrected chi connectivity index (χ4v) is 2.72. The topological polar surface area (TPSA) is 146 Å². The van der Waals surface area contributed by atoms with Crippen molar-refractivity contribution in [2.45, 2.75) is 0 Å². The Morgan fingerprint density at radius 2 is 1.77 bits per heavy atom. The van der Waals surface area contributed by atoms with Crippen LogP contribution in [0.4, 0.5) is 23.1 Å². The summed E-state index contributed by atoms with van der Waals surface area (Å²) in [6, 6.07) is 10.3. The van der Waals surface area contributed by atoms with Gasteiger partial charge in [0.1, 0.15) is 17.6 Å². The van der Waals surface area contributed by atoms with Crippen molar-refractivity contribution in [3.8, 4) is 11.3 Å². The zero-order valence-electron chi connectivity index (χ0n) is 16.9. The molecule has 1 aromatic carbocycles. The molecule has 0 fully saturated rings. The minimum absolute atomic E-state index is 0.0105. The van der Waals surface area contributed by atoms with Gasteiger partial charge in [0.05, 0.1) is 10.6 Å². The van der Waals surface area contributed by atoms with Crippen molar-refractivity contribution in [2.75, 3.05) is 42.7 Å². The normalized spacial score (nSPS) is 10.4. The second-order valence-corrected chi connectivity index (χ2v) is 6.71. The number of aromatic carboxylic acids is 1. The van der Waals surface area contributed by atoms with Crippen molar-refractivity contribution in [1.29, 1.82) is 0 Å². The van der Waals surface area contributed by atoms with Crippen molar-refractivity contribution in [3.05, 3.63) is 64.5 Å². The SMILES string of the molecule is CN(C)c1ccc(-c2nc(NCCNc3ccc([N+](=O)[O-])cn3)ncc2C(=O)O)cc1. The predicted molar refractivity (Wildman–Crippen MR) is 117 cm³/mol. The molecule has 0 saturated heterocycles. The fourth-order valence-electron chi connectivity index (χ4n) is 2.72. The number of nitro groups is 1. The maximum Gasteiger partial charge on any atom is 0.339 e. The zero-order valence-corrected chi connectivity index (χ0v) is 16.9. The number of rotatable bonds is 9. The molecular weight excluding hydrogens is 402 g/mol. The molecule has 2 aromatic heterocycles. The van der Waals surface area contributed by atoms with Gasteiger partial charge < -0.3 is 20.6 Å². The first-order valence-corrected chi connectivity index (χ1v) is 9.31. The van der Waals surface area contributed by atoms with Crippen LogP contribution in [0.5, 0.6) is 0 Å². The summed E-state index contributed by atoms with van der Waals surface area (Å²) >= 11 is 0. The Labute approximate surface area is 177 Å². The minimum atomic E-state index is -1.11. The van der Waals surface area contributed by atoms with Crippen LogP contribution in [0, 0.1) is 10.1 Å². The Kier molecular flexibility index (Phi) is 6.55. The monoisotopic (exact) mass is 423 g/mol. The molecule has 0 radical (unpaired) electrons. The van der Waals surface area contributed by atoms with E-state index in [4.69, 9.17) is 0 Å². The van der Waals surface area contributed by atoms with E-state index < -0.39 is 10.9 Å². The smallest absolute Gasteiger partial charge is 0.339 e. The molecule has 0 atom stereocenters. The number of nitrogens with one attached hydrogen (secondary N) is 2. The molecule has 0 spiro atoms. The molecule has 3 N–H and O–H groups in total. The number of pyridine rings is 1. The molecule has 160 valence electrons. The lowest BCUT2D eigenvalue weighted by Gasteiger charge is -2.13. The molecule has 3 aromatic rings. The maximum absolute atomic E-state index is 11.6. The Morgan fingerprint density at radius 1 is 1.06 bits per heavy atom. The van der Waals surface area contributed by atoms with Crippen LogP contribution in [0.1, 0.15) is 10.4 Å². The third kappa shape index (κ3) is 5.41. The van der Waals surface area contributed by atoms with Crippen molar-refractivity contribution in [1.82, 2.24) is 15.0 Å². The molecule has 11 nitrogen and oxygen atoms in total. The van der Waals surface area contributed by atoms with E-state index >= 15 is 0 Å². The predicted octanol–water partition coefficient (Wildman–Crippen LogP) is 2.74. The molecule has 0 amide bonds. The first-order valence-electron chi connectivity index (χ1n) is 9.31. The molecule has 0 bridgehead atoms. The number of nitrogens with zero attached hydrogens (tertiary/aromatic N) is 5. The number of carboxylic acids is 1. The molecule has 0 unspecified atom stereocenters. The molecule has 31 heavy (non-hydrogen) atoms. The lowest BCUT2D eigenvalue weighted by molar-refractivity contribution is -0.385. The van der Waals surface area contributed by atoms with Gasteiger partial charge in [-0.2, -0.15) is 0 Å². The molecule has 0 aliphatic heterocycles. The summed E-state index contributed by atoms with van der Waals surface area (Å²) in [6.45, 7) is 0.867. The van der Waals surface area contributed by atoms with Crippen molar-refractivity contribution >= 4 is 29.1 Å². The highest BCUT2D eigenvalue weighted by molar-refractivity contribution is 5.94. The number of anilines is 3. The maximum atomic E-state index is 11.6. The van der Waals surface area contributed by atoms with Gasteiger partial charge in [-0.15, -0.1) is 0 Å². The second kappa shape index (κ2) is 9.48. The summed E-state index contributed by atoms with van der Waals surface area (Å²) in [6.07, 6.45) is 2.45. The van der Waals surface area contributed by atoms with Gasteiger partial charge in [0.25, 0.3) is 5.69 Å². The van der Waals surface area contributed by atoms with E-state index in [0.29, 0.717) is 30.2 Å². The van der Waals surface area contributed by atoms with Crippen LogP contribution >= 0.6 is 0 Å². The molecule has 2 heterocycles. The highest BCUT2D eigenvalue weighted by Gasteiger charge is 2.15. The summed E-state index contributed by atoms with van der Waals surface area (Å²) in [4.78, 5) is 36.1. The number of carbonyl (C=O) groups is 1. The lowest BCUT2D eigenvalue weighted by atomic mass is 10.1. The van der Waals surface area contributed by atoms with Crippen LogP contribution in [-0.4, -0.2) is 58.1 Å². The summed E-state index contributed by atoms with van der Waals surface area (Å²) in [5, 5.41) is 26.2. The molecule has 3 rings (SSSR count). The van der Waals surface area contributed by atoms with Gasteiger partial charge >= 0.3 is 5.97 Å². The number of aromatic nitrogens is 3. The number of carboxylic acid groups (broad SMARTS) is 1. The van der Waals surface area contributed by atoms with Crippen LogP contribution in [-0.2, 0) is 0 Å². The van der Waals surface area contributed by atoms with Crippen LogP contribution < -0.4 is 15.5 Å². The van der Waals surface area contributed by atoms with Gasteiger partial charge in [0.15, 0.2) is 0 Å². The van der Waals surface area contributed by atoms with Crippen LogP contribution in [0.25, 0.3) is 11.3 Å². The molecule has 11 heteroatoms. The Bertz CT molecular complexity index is 1070. The summed E-state index contributed by atoms with van der Waals surface area (Å²) in [5.41, 5.74) is 1.90. The van der Waals surface area contributed by atoms with Crippen LogP contribution in [0.15, 0.2) is 48.8 Å². The average molecular weight is 423 g/mol. The van der Waals surface area contributed by atoms with E-state index in [-0.39, 0.29) is 17.2 Å². The summed E-state index contributed by atoms with van der Waals surface area (Å²) < 4.78 is 0. The first kappa shape index (κ1) is 21.4. The zero-order chi connectivity index (χ0) is 22.4. The van der Waals surface area contributed by atoms with E-state index in [2.05, 4.69) is 25.6 Å². The van der Waals surface area contributed by atoms with Gasteiger partial charge in [0.2, 0.25) is 5.95 Å². The highest BCUT2D eigenvalue weighted by Crippen LogP contribution is 2.25. The average Bonchev–Trinajstić information content (AvgIpc) is 2.77. The van der Waals surface area contributed by atoms with Crippen molar-refractivity contribution in [2.24, 2.45) is 0 Å². The van der Waals surface area contributed by atoms with E-state index in [0.717, 1.165) is 5.69 Å². The number of hydrogen-bond donors (Lipinski definition) is 3. The van der Waals surface area contributed by atoms with E-state index in [1.807, 2.05) is 43.3 Å². The third-order valence-electron chi connectivity index (χ3n) is 4.35. The van der Waals surface area contributed by atoms with Gasteiger partial charge in [-0.25, -0.2) is 19.7 Å². The second-order valence-electron chi connectivity index (χ2n) is 6.71. The number of hydrogen-bond acceptors (Lipinski definition) is 9. The van der Waals surface area contributed by atoms with E-state index in [1.54, 1.807) is 0 Å². The first-order chi connectivity index (χ1) is 14.8. The van der Waals surface area contributed by atoms with Gasteiger partial charge in [-0.1, -0.05) is 12.1 Å². The van der Waals surface area contributed by atoms with E-state index in [1.165, 1.54) is 24.5 Å². The molecule has 0 aliphatic rings. The highest BCUT2D eigenvalue weighted by atomic mass is 16.6. The summed E-state index contributed by atoms with van der Waals surface area (Å²) in [5.74, 6) is -0.324. The minimum Gasteiger partial charge on any atom is -0.478 e. The van der Waals surface area contributed by atoms with Crippen LogP contribution in [0.3, 0.4) is 0 Å². The quantitative estimate of drug-likeness (QED) is 0.267. The Balaban J connectivity index is 1.67. The molecule has 0 saturated carbocycles. The molecular formula is C20H21N7O4. The van der Waals surface area contributed by atoms with Crippen molar-refractivity contribution < 1.29 is 14.8 Å².